The van der Waals surface area contributed by atoms with E-state index in [9.17, 15) is 9.59 Å². The Hall–Kier alpha value is -0.900. The van der Waals surface area contributed by atoms with Gasteiger partial charge in [0.05, 0.1) is 5.92 Å². The molecule has 0 atom stereocenters. The number of rotatable bonds is 1. The second-order valence-corrected chi connectivity index (χ2v) is 3.72. The quantitative estimate of drug-likeness (QED) is 0.589. The monoisotopic (exact) mass is 182 g/mol. The van der Waals surface area contributed by atoms with E-state index in [2.05, 4.69) is 5.32 Å². The minimum atomic E-state index is 0.00519. The number of amides is 1. The summed E-state index contributed by atoms with van der Waals surface area (Å²) in [6, 6.07) is 0. The van der Waals surface area contributed by atoms with E-state index in [0.29, 0.717) is 12.8 Å². The second-order valence-electron chi connectivity index (χ2n) is 3.72. The Morgan fingerprint density at radius 3 is 2.46 bits per heavy atom. The zero-order chi connectivity index (χ0) is 9.26. The minimum Gasteiger partial charge on any atom is -0.340 e. The average Bonchev–Trinajstić information content (AvgIpc) is 2.13. The Balaban J connectivity index is 1.85. The van der Waals surface area contributed by atoms with Crippen molar-refractivity contribution >= 4 is 11.7 Å². The molecule has 0 aromatic heterocycles. The van der Waals surface area contributed by atoms with Crippen LogP contribution in [-0.2, 0) is 9.59 Å². The third kappa shape index (κ3) is 1.72. The Labute approximate surface area is 77.3 Å². The maximum atomic E-state index is 11.7. The van der Waals surface area contributed by atoms with Gasteiger partial charge in [0.1, 0.15) is 5.78 Å². The molecule has 1 saturated heterocycles. The van der Waals surface area contributed by atoms with Gasteiger partial charge in [0.15, 0.2) is 0 Å². The molecule has 4 heteroatoms. The van der Waals surface area contributed by atoms with E-state index in [1.54, 1.807) is 0 Å². The van der Waals surface area contributed by atoms with Crippen LogP contribution >= 0.6 is 0 Å². The molecule has 0 bridgehead atoms. The fraction of sp³-hybridized carbons (Fsp3) is 0.778. The lowest BCUT2D eigenvalue weighted by atomic mass is 9.83. The van der Waals surface area contributed by atoms with Crippen LogP contribution in [0.2, 0.25) is 0 Å². The van der Waals surface area contributed by atoms with Crippen molar-refractivity contribution in [3.63, 3.8) is 0 Å². The van der Waals surface area contributed by atoms with Gasteiger partial charge in [0, 0.05) is 39.0 Å². The Morgan fingerprint density at radius 2 is 1.92 bits per heavy atom. The van der Waals surface area contributed by atoms with Crippen molar-refractivity contribution in [2.45, 2.75) is 12.8 Å². The number of Topliss-reactive ketones (excluding diaryl/α,β-unsaturated/α-hetero) is 1. The number of ketones is 1. The molecule has 1 heterocycles. The van der Waals surface area contributed by atoms with E-state index in [1.165, 1.54) is 0 Å². The summed E-state index contributed by atoms with van der Waals surface area (Å²) in [4.78, 5) is 24.3. The van der Waals surface area contributed by atoms with Gasteiger partial charge in [-0.15, -0.1) is 0 Å². The van der Waals surface area contributed by atoms with E-state index in [0.717, 1.165) is 26.2 Å². The van der Waals surface area contributed by atoms with Crippen LogP contribution in [0.25, 0.3) is 0 Å². The van der Waals surface area contributed by atoms with Gasteiger partial charge in [0.2, 0.25) is 5.91 Å². The van der Waals surface area contributed by atoms with Gasteiger partial charge in [-0.2, -0.15) is 0 Å². The molecule has 0 spiro atoms. The molecule has 1 aliphatic carbocycles. The first kappa shape index (κ1) is 8.69. The topological polar surface area (TPSA) is 49.4 Å². The maximum absolute atomic E-state index is 11.7. The van der Waals surface area contributed by atoms with Crippen molar-refractivity contribution in [2.24, 2.45) is 5.92 Å². The van der Waals surface area contributed by atoms with Gasteiger partial charge >= 0.3 is 0 Å². The number of nitrogens with one attached hydrogen (secondary N) is 1. The molecule has 1 aliphatic heterocycles. The average molecular weight is 182 g/mol. The summed E-state index contributed by atoms with van der Waals surface area (Å²) in [5.74, 6) is 0.417. The summed E-state index contributed by atoms with van der Waals surface area (Å²) < 4.78 is 0. The van der Waals surface area contributed by atoms with Crippen LogP contribution in [0.1, 0.15) is 12.8 Å². The number of carbonyl (C=O) groups excluding carboxylic acids is 2. The van der Waals surface area contributed by atoms with E-state index in [1.807, 2.05) is 4.90 Å². The molecular formula is C9H14N2O2. The summed E-state index contributed by atoms with van der Waals surface area (Å²) in [5, 5.41) is 3.19. The third-order valence-electron chi connectivity index (χ3n) is 2.73. The fourth-order valence-electron chi connectivity index (χ4n) is 1.81. The SMILES string of the molecule is O=C1CC(C(=O)N2CCNCC2)C1. The van der Waals surface area contributed by atoms with Gasteiger partial charge in [-0.3, -0.25) is 9.59 Å². The molecule has 1 saturated carbocycles. The zero-order valence-electron chi connectivity index (χ0n) is 7.58. The van der Waals surface area contributed by atoms with Crippen LogP contribution in [0, 0.1) is 5.92 Å². The number of hydrogen-bond donors (Lipinski definition) is 1. The number of piperazine rings is 1. The summed E-state index contributed by atoms with van der Waals surface area (Å²) in [5.41, 5.74) is 0. The van der Waals surface area contributed by atoms with Crippen LogP contribution in [0.3, 0.4) is 0 Å². The largest absolute Gasteiger partial charge is 0.340 e. The first-order chi connectivity index (χ1) is 6.27. The molecule has 4 nitrogen and oxygen atoms in total. The molecule has 13 heavy (non-hydrogen) atoms. The highest BCUT2D eigenvalue weighted by molar-refractivity contribution is 5.96. The Morgan fingerprint density at radius 1 is 1.31 bits per heavy atom. The molecule has 0 unspecified atom stereocenters. The first-order valence-electron chi connectivity index (χ1n) is 4.78. The van der Waals surface area contributed by atoms with Crippen molar-refractivity contribution in [2.75, 3.05) is 26.2 Å². The van der Waals surface area contributed by atoms with Crippen molar-refractivity contribution in [3.8, 4) is 0 Å². The standard InChI is InChI=1S/C9H14N2O2/c12-8-5-7(6-8)9(13)11-3-1-10-2-4-11/h7,10H,1-6H2. The summed E-state index contributed by atoms with van der Waals surface area (Å²) in [7, 11) is 0. The van der Waals surface area contributed by atoms with Crippen LogP contribution < -0.4 is 5.32 Å². The van der Waals surface area contributed by atoms with Crippen molar-refractivity contribution < 1.29 is 9.59 Å². The van der Waals surface area contributed by atoms with E-state index in [-0.39, 0.29) is 17.6 Å². The summed E-state index contributed by atoms with van der Waals surface area (Å²) in [6.45, 7) is 3.35. The normalized spacial score (nSPS) is 24.3. The molecule has 1 N–H and O–H groups in total. The van der Waals surface area contributed by atoms with Crippen LogP contribution in [0.15, 0.2) is 0 Å². The van der Waals surface area contributed by atoms with Crippen molar-refractivity contribution in [1.29, 1.82) is 0 Å². The lowest BCUT2D eigenvalue weighted by Crippen LogP contribution is -2.50. The predicted molar refractivity (Wildman–Crippen MR) is 47.2 cm³/mol. The molecular weight excluding hydrogens is 168 g/mol. The molecule has 2 fully saturated rings. The molecule has 1 amide bonds. The van der Waals surface area contributed by atoms with Gasteiger partial charge in [0.25, 0.3) is 0 Å². The molecule has 0 radical (unpaired) electrons. The highest BCUT2D eigenvalue weighted by atomic mass is 16.2. The highest BCUT2D eigenvalue weighted by Crippen LogP contribution is 2.24. The number of hydrogen-bond acceptors (Lipinski definition) is 3. The summed E-state index contributed by atoms with van der Waals surface area (Å²) >= 11 is 0. The van der Waals surface area contributed by atoms with Gasteiger partial charge in [-0.05, 0) is 0 Å². The molecule has 0 aromatic carbocycles. The highest BCUT2D eigenvalue weighted by Gasteiger charge is 2.35. The van der Waals surface area contributed by atoms with Crippen LogP contribution in [0.4, 0.5) is 0 Å². The van der Waals surface area contributed by atoms with Gasteiger partial charge in [-0.25, -0.2) is 0 Å². The maximum Gasteiger partial charge on any atom is 0.226 e. The van der Waals surface area contributed by atoms with E-state index < -0.39 is 0 Å². The number of carbonyl (C=O) groups is 2. The van der Waals surface area contributed by atoms with Crippen molar-refractivity contribution in [1.82, 2.24) is 10.2 Å². The third-order valence-corrected chi connectivity index (χ3v) is 2.73. The molecule has 0 aromatic rings. The zero-order valence-corrected chi connectivity index (χ0v) is 7.58. The summed E-state index contributed by atoms with van der Waals surface area (Å²) in [6.07, 6.45) is 0.950. The van der Waals surface area contributed by atoms with Gasteiger partial charge < -0.3 is 10.2 Å². The van der Waals surface area contributed by atoms with Crippen LogP contribution in [-0.4, -0.2) is 42.8 Å². The molecule has 2 aliphatic rings. The van der Waals surface area contributed by atoms with Crippen molar-refractivity contribution in [3.05, 3.63) is 0 Å². The van der Waals surface area contributed by atoms with E-state index >= 15 is 0 Å². The van der Waals surface area contributed by atoms with E-state index in [4.69, 9.17) is 0 Å². The lowest BCUT2D eigenvalue weighted by Gasteiger charge is -2.33. The lowest BCUT2D eigenvalue weighted by molar-refractivity contribution is -0.145. The first-order valence-corrected chi connectivity index (χ1v) is 4.78. The minimum absolute atomic E-state index is 0.00519. The van der Waals surface area contributed by atoms with Crippen LogP contribution in [0.5, 0.6) is 0 Å². The number of nitrogens with zero attached hydrogens (tertiary/aromatic N) is 1. The molecule has 72 valence electrons. The second kappa shape index (κ2) is 3.46. The molecule has 2 rings (SSSR count). The Bertz CT molecular complexity index is 226. The Kier molecular flexibility index (Phi) is 2.31. The fourth-order valence-corrected chi connectivity index (χ4v) is 1.81. The van der Waals surface area contributed by atoms with Gasteiger partial charge in [-0.1, -0.05) is 0 Å². The predicted octanol–water partition coefficient (Wildman–Crippen LogP) is -0.603. The smallest absolute Gasteiger partial charge is 0.226 e.